The van der Waals surface area contributed by atoms with Crippen LogP contribution in [-0.4, -0.2) is 75.1 Å². The Morgan fingerprint density at radius 1 is 0.440 bits per heavy atom. The van der Waals surface area contributed by atoms with Crippen LogP contribution in [0.15, 0.2) is 187 Å². The Kier molecular flexibility index (Phi) is 25.9. The Morgan fingerprint density at radius 3 is 1.32 bits per heavy atom. The number of carbonyl (C=O) groups excluding carboxylic acids is 3. The van der Waals surface area contributed by atoms with Crippen molar-refractivity contribution in [3.63, 3.8) is 0 Å². The van der Waals surface area contributed by atoms with Gasteiger partial charge < -0.3 is 56.9 Å². The van der Waals surface area contributed by atoms with Crippen molar-refractivity contribution < 1.29 is 71.3 Å². The van der Waals surface area contributed by atoms with Crippen LogP contribution in [0.1, 0.15) is 118 Å². The standard InChI is InChI=1S/C38H39NO7.C37H40O8/c1-4-13-29-33(18-11-19-34(29)46-35-17-10-9-16-30(35)38(40)41-3)43-20-12-21-44-36-23-37(45-24-27-14-7-6-8-15-27)31(22-28(36)5-2)32-25-42-26-39-32;1-4-13-28-32(18-11-19-33(28)45-34-17-10-9-16-29(34)37(40)41-3)42-20-12-21-43-35-23-36(44-25-26-14-7-6-8-15-26)30(31(39)24-38)22-27(35)5-2/h6-11,14-19,22-23,25-26H,4-5,12-13,20-21,24H2,1-3H3;6-11,14-19,22-23,38H,4-5,12-13,20-21,24-25H2,1-3H3. The summed E-state index contributed by atoms with van der Waals surface area (Å²) >= 11 is 0. The third-order valence-corrected chi connectivity index (χ3v) is 14.5. The van der Waals surface area contributed by atoms with Gasteiger partial charge in [-0.2, -0.15) is 0 Å². The number of aromatic nitrogens is 1. The second-order valence-corrected chi connectivity index (χ2v) is 20.9. The third kappa shape index (κ3) is 18.7. The highest BCUT2D eigenvalue weighted by Crippen LogP contribution is 2.39. The minimum atomic E-state index is -0.605. The van der Waals surface area contributed by atoms with Crippen molar-refractivity contribution in [2.45, 2.75) is 92.3 Å². The highest BCUT2D eigenvalue weighted by Gasteiger charge is 2.22. The molecule has 8 aromatic carbocycles. The summed E-state index contributed by atoms with van der Waals surface area (Å²) in [5.74, 6) is 4.70. The molecule has 0 aliphatic heterocycles. The molecule has 0 amide bonds. The third-order valence-electron chi connectivity index (χ3n) is 14.5. The first-order chi connectivity index (χ1) is 44.6. The lowest BCUT2D eigenvalue weighted by molar-refractivity contribution is 0.0588. The molecule has 9 aromatic rings. The largest absolute Gasteiger partial charge is 0.493 e. The van der Waals surface area contributed by atoms with E-state index in [4.69, 9.17) is 51.8 Å². The zero-order chi connectivity index (χ0) is 64.2. The molecule has 1 aromatic heterocycles. The van der Waals surface area contributed by atoms with Crippen LogP contribution in [0.5, 0.6) is 57.5 Å². The molecular formula is C75H79NO15. The minimum Gasteiger partial charge on any atom is -0.493 e. The van der Waals surface area contributed by atoms with E-state index >= 15 is 0 Å². The van der Waals surface area contributed by atoms with E-state index in [1.54, 1.807) is 54.8 Å². The molecule has 0 aliphatic rings. The summed E-state index contributed by atoms with van der Waals surface area (Å²) in [4.78, 5) is 41.4. The number of Topliss-reactive ketones (excluding diaryl/α,β-unsaturated/α-hetero) is 1. The molecular weight excluding hydrogens is 1150 g/mol. The molecule has 474 valence electrons. The first kappa shape index (κ1) is 66.9. The Morgan fingerprint density at radius 2 is 0.868 bits per heavy atom. The average Bonchev–Trinajstić information content (AvgIpc) is 3.68. The average molecular weight is 1230 g/mol. The van der Waals surface area contributed by atoms with E-state index < -0.39 is 24.3 Å². The molecule has 0 bridgehead atoms. The fourth-order valence-corrected chi connectivity index (χ4v) is 9.89. The number of esters is 2. The van der Waals surface area contributed by atoms with Crippen LogP contribution in [-0.2, 0) is 48.4 Å². The number of ketones is 1. The smallest absolute Gasteiger partial charge is 0.341 e. The molecule has 16 nitrogen and oxygen atoms in total. The Hall–Kier alpha value is -10.1. The summed E-state index contributed by atoms with van der Waals surface area (Å²) in [5, 5.41) is 9.54. The molecule has 0 spiro atoms. The van der Waals surface area contributed by atoms with Gasteiger partial charge in [-0.15, -0.1) is 0 Å². The van der Waals surface area contributed by atoms with E-state index in [1.165, 1.54) is 20.6 Å². The number of oxazole rings is 1. The van der Waals surface area contributed by atoms with Gasteiger partial charge in [-0.3, -0.25) is 4.79 Å². The van der Waals surface area contributed by atoms with E-state index in [-0.39, 0.29) is 6.61 Å². The molecule has 0 saturated heterocycles. The number of aliphatic hydroxyl groups excluding tert-OH is 1. The predicted octanol–water partition coefficient (Wildman–Crippen LogP) is 16.2. The van der Waals surface area contributed by atoms with E-state index in [9.17, 15) is 19.5 Å². The lowest BCUT2D eigenvalue weighted by Crippen LogP contribution is -2.11. The van der Waals surface area contributed by atoms with Crippen molar-refractivity contribution in [1.29, 1.82) is 0 Å². The molecule has 9 rings (SSSR count). The molecule has 0 unspecified atom stereocenters. The summed E-state index contributed by atoms with van der Waals surface area (Å²) in [6.07, 6.45) is 8.98. The number of hydrogen-bond donors (Lipinski definition) is 1. The molecule has 0 aliphatic carbocycles. The Bertz CT molecular complexity index is 3760. The van der Waals surface area contributed by atoms with Crippen LogP contribution in [0.4, 0.5) is 0 Å². The molecule has 91 heavy (non-hydrogen) atoms. The van der Waals surface area contributed by atoms with Gasteiger partial charge in [0.25, 0.3) is 0 Å². The van der Waals surface area contributed by atoms with Gasteiger partial charge in [0.05, 0.1) is 46.2 Å². The zero-order valence-electron chi connectivity index (χ0n) is 52.5. The van der Waals surface area contributed by atoms with Gasteiger partial charge in [0, 0.05) is 41.7 Å². The van der Waals surface area contributed by atoms with Gasteiger partial charge in [-0.05, 0) is 109 Å². The van der Waals surface area contributed by atoms with E-state index in [0.717, 1.165) is 82.5 Å². The van der Waals surface area contributed by atoms with E-state index in [2.05, 4.69) is 31.8 Å². The molecule has 0 saturated carbocycles. The van der Waals surface area contributed by atoms with Crippen LogP contribution in [0.2, 0.25) is 0 Å². The molecule has 1 heterocycles. The molecule has 0 fully saturated rings. The summed E-state index contributed by atoms with van der Waals surface area (Å²) < 4.78 is 64.7. The van der Waals surface area contributed by atoms with Crippen LogP contribution in [0.25, 0.3) is 11.3 Å². The summed E-state index contributed by atoms with van der Waals surface area (Å²) in [6.45, 7) is 10.1. The summed E-state index contributed by atoms with van der Waals surface area (Å²) in [7, 11) is 2.70. The number of aryl methyl sites for hydroxylation is 2. The molecule has 1 N–H and O–H groups in total. The minimum absolute atomic E-state index is 0.280. The van der Waals surface area contributed by atoms with Crippen molar-refractivity contribution in [3.8, 4) is 68.8 Å². The lowest BCUT2D eigenvalue weighted by atomic mass is 10.0. The predicted molar refractivity (Wildman–Crippen MR) is 348 cm³/mol. The molecule has 0 radical (unpaired) electrons. The van der Waals surface area contributed by atoms with Crippen molar-refractivity contribution in [3.05, 3.63) is 233 Å². The van der Waals surface area contributed by atoms with Crippen molar-refractivity contribution >= 4 is 17.7 Å². The maximum absolute atomic E-state index is 12.5. The van der Waals surface area contributed by atoms with E-state index in [1.807, 2.05) is 122 Å². The number of ether oxygens (including phenoxy) is 10. The highest BCUT2D eigenvalue weighted by atomic mass is 16.5. The van der Waals surface area contributed by atoms with Gasteiger partial charge in [0.1, 0.15) is 100 Å². The van der Waals surface area contributed by atoms with Crippen LogP contribution in [0.3, 0.4) is 0 Å². The van der Waals surface area contributed by atoms with Gasteiger partial charge in [-0.25, -0.2) is 14.6 Å². The van der Waals surface area contributed by atoms with Gasteiger partial charge in [-0.1, -0.05) is 138 Å². The number of aliphatic hydroxyl groups is 1. The monoisotopic (exact) mass is 1230 g/mol. The summed E-state index contributed by atoms with van der Waals surface area (Å²) in [5.41, 5.74) is 8.40. The maximum atomic E-state index is 12.5. The number of rotatable bonds is 33. The van der Waals surface area contributed by atoms with Crippen LogP contribution < -0.4 is 37.9 Å². The SMILES string of the molecule is CCCc1c(OCCCOc2cc(OCc3ccccc3)c(-c3cocn3)cc2CC)cccc1Oc1ccccc1C(=O)OC.CCCc1c(OCCCOc2cc(OCc3ccccc3)c(C(=O)CO)cc2CC)cccc1Oc1ccccc1C(=O)OC. The van der Waals surface area contributed by atoms with Crippen LogP contribution in [0, 0.1) is 0 Å². The van der Waals surface area contributed by atoms with Crippen molar-refractivity contribution in [2.24, 2.45) is 0 Å². The summed E-state index contributed by atoms with van der Waals surface area (Å²) in [6, 6.07) is 52.6. The number of methoxy groups -OCH3 is 2. The molecule has 0 atom stereocenters. The van der Waals surface area contributed by atoms with Gasteiger partial charge >= 0.3 is 11.9 Å². The Balaban J connectivity index is 0.000000235. The zero-order valence-corrected chi connectivity index (χ0v) is 52.5. The van der Waals surface area contributed by atoms with Crippen molar-refractivity contribution in [2.75, 3.05) is 47.3 Å². The Labute approximate surface area is 532 Å². The first-order valence-corrected chi connectivity index (χ1v) is 30.7. The lowest BCUT2D eigenvalue weighted by Gasteiger charge is -2.18. The van der Waals surface area contributed by atoms with Crippen molar-refractivity contribution in [1.82, 2.24) is 4.98 Å². The number of nitrogens with zero attached hydrogens (tertiary/aromatic N) is 1. The maximum Gasteiger partial charge on any atom is 0.341 e. The fraction of sp³-hybridized carbons (Fsp3) is 0.280. The fourth-order valence-electron chi connectivity index (χ4n) is 9.89. The topological polar surface area (TPSA) is 190 Å². The van der Waals surface area contributed by atoms with E-state index in [0.29, 0.717) is 121 Å². The van der Waals surface area contributed by atoms with Crippen LogP contribution >= 0.6 is 0 Å². The normalized spacial score (nSPS) is 10.7. The molecule has 16 heteroatoms. The quantitative estimate of drug-likeness (QED) is 0.0232. The number of benzene rings is 8. The number of carbonyl (C=O) groups is 3. The van der Waals surface area contributed by atoms with Gasteiger partial charge in [0.15, 0.2) is 12.2 Å². The first-order valence-electron chi connectivity index (χ1n) is 30.7. The highest BCUT2D eigenvalue weighted by molar-refractivity contribution is 6.00. The second kappa shape index (κ2) is 35.2. The second-order valence-electron chi connectivity index (χ2n) is 20.9. The number of para-hydroxylation sites is 2. The van der Waals surface area contributed by atoms with Gasteiger partial charge in [0.2, 0.25) is 0 Å². The number of hydrogen-bond acceptors (Lipinski definition) is 16.